The number of anilines is 1. The molecule has 2 fully saturated rings. The van der Waals surface area contributed by atoms with Crippen LogP contribution < -0.4 is 5.32 Å². The van der Waals surface area contributed by atoms with Gasteiger partial charge in [-0.05, 0) is 62.1 Å². The van der Waals surface area contributed by atoms with Gasteiger partial charge in [-0.3, -0.25) is 4.79 Å². The molecule has 5 nitrogen and oxygen atoms in total. The average Bonchev–Trinajstić information content (AvgIpc) is 3.31. The average molecular weight is 394 g/mol. The normalized spacial score (nSPS) is 20.0. The van der Waals surface area contributed by atoms with E-state index in [-0.39, 0.29) is 12.0 Å². The Morgan fingerprint density at radius 1 is 1.10 bits per heavy atom. The van der Waals surface area contributed by atoms with Gasteiger partial charge in [-0.2, -0.15) is 0 Å². The van der Waals surface area contributed by atoms with Gasteiger partial charge in [-0.25, -0.2) is 4.98 Å². The van der Waals surface area contributed by atoms with Crippen LogP contribution in [-0.2, 0) is 11.2 Å². The lowest BCUT2D eigenvalue weighted by Gasteiger charge is -2.32. The number of nitrogens with one attached hydrogen (secondary N) is 1. The van der Waals surface area contributed by atoms with Crippen LogP contribution in [0.25, 0.3) is 0 Å². The molecule has 1 aromatic heterocycles. The number of aromatic nitrogens is 1. The lowest BCUT2D eigenvalue weighted by atomic mass is 9.90. The predicted octanol–water partition coefficient (Wildman–Crippen LogP) is 4.16. The van der Waals surface area contributed by atoms with E-state index in [0.717, 1.165) is 64.2 Å². The summed E-state index contributed by atoms with van der Waals surface area (Å²) >= 11 is 0. The zero-order chi connectivity index (χ0) is 19.9. The second-order valence-corrected chi connectivity index (χ2v) is 8.21. The number of benzene rings is 1. The van der Waals surface area contributed by atoms with Gasteiger partial charge in [-0.15, -0.1) is 0 Å². The van der Waals surface area contributed by atoms with Crippen molar-refractivity contribution >= 4 is 11.7 Å². The molecular formula is C24H31N3O2. The Hall–Kier alpha value is -2.40. The smallest absolute Gasteiger partial charge is 0.255 e. The number of rotatable bonds is 7. The maximum Gasteiger partial charge on any atom is 0.255 e. The van der Waals surface area contributed by atoms with Gasteiger partial charge in [-0.1, -0.05) is 30.3 Å². The zero-order valence-corrected chi connectivity index (χ0v) is 17.1. The predicted molar refractivity (Wildman–Crippen MR) is 115 cm³/mol. The lowest BCUT2D eigenvalue weighted by Crippen LogP contribution is -2.38. The van der Waals surface area contributed by atoms with E-state index >= 15 is 0 Å². The molecule has 0 aliphatic carbocycles. The van der Waals surface area contributed by atoms with Gasteiger partial charge in [0.25, 0.3) is 5.91 Å². The van der Waals surface area contributed by atoms with Crippen LogP contribution in [0.3, 0.4) is 0 Å². The molecule has 154 valence electrons. The fourth-order valence-corrected chi connectivity index (χ4v) is 4.27. The summed E-state index contributed by atoms with van der Waals surface area (Å²) in [5.41, 5.74) is 2.08. The second-order valence-electron chi connectivity index (χ2n) is 8.21. The molecule has 0 bridgehead atoms. The summed E-state index contributed by atoms with van der Waals surface area (Å²) in [6.45, 7) is 3.32. The number of pyridine rings is 1. The summed E-state index contributed by atoms with van der Waals surface area (Å²) in [6, 6.07) is 14.5. The Balaban J connectivity index is 1.21. The third-order valence-electron chi connectivity index (χ3n) is 6.13. The molecule has 0 unspecified atom stereocenters. The lowest BCUT2D eigenvalue weighted by molar-refractivity contribution is 0.0686. The van der Waals surface area contributed by atoms with Crippen LogP contribution in [0.1, 0.15) is 48.0 Å². The fourth-order valence-electron chi connectivity index (χ4n) is 4.27. The van der Waals surface area contributed by atoms with Crippen molar-refractivity contribution in [1.29, 1.82) is 0 Å². The molecule has 1 atom stereocenters. The summed E-state index contributed by atoms with van der Waals surface area (Å²) < 4.78 is 5.62. The molecule has 0 radical (unpaired) electrons. The molecule has 2 aliphatic rings. The van der Waals surface area contributed by atoms with Crippen molar-refractivity contribution in [2.45, 2.75) is 44.6 Å². The minimum Gasteiger partial charge on any atom is -0.376 e. The molecule has 1 N–H and O–H groups in total. The number of carbonyl (C=O) groups is 1. The van der Waals surface area contributed by atoms with Gasteiger partial charge in [0, 0.05) is 32.4 Å². The number of carbonyl (C=O) groups excluding carboxylic acids is 1. The molecule has 0 spiro atoms. The SMILES string of the molecule is O=C(c1ccc(NC[C@H]2CCCO2)nc1)N1CCC(CCc2ccccc2)CC1. The molecule has 3 heterocycles. The first-order chi connectivity index (χ1) is 14.3. The second kappa shape index (κ2) is 9.88. The van der Waals surface area contributed by atoms with Crippen molar-refractivity contribution in [2.75, 3.05) is 31.6 Å². The van der Waals surface area contributed by atoms with Crippen molar-refractivity contribution in [3.8, 4) is 0 Å². The summed E-state index contributed by atoms with van der Waals surface area (Å²) in [7, 11) is 0. The van der Waals surface area contributed by atoms with Gasteiger partial charge in [0.2, 0.25) is 0 Å². The van der Waals surface area contributed by atoms with Gasteiger partial charge in [0.1, 0.15) is 5.82 Å². The van der Waals surface area contributed by atoms with E-state index in [0.29, 0.717) is 11.5 Å². The van der Waals surface area contributed by atoms with Crippen molar-refractivity contribution in [3.05, 3.63) is 59.8 Å². The Labute approximate surface area is 173 Å². The summed E-state index contributed by atoms with van der Waals surface area (Å²) in [6.07, 6.45) is 8.73. The van der Waals surface area contributed by atoms with Crippen LogP contribution in [0.5, 0.6) is 0 Å². The highest BCUT2D eigenvalue weighted by molar-refractivity contribution is 5.94. The first-order valence-corrected chi connectivity index (χ1v) is 10.9. The Bertz CT molecular complexity index is 764. The third-order valence-corrected chi connectivity index (χ3v) is 6.13. The van der Waals surface area contributed by atoms with Gasteiger partial charge in [0.05, 0.1) is 11.7 Å². The van der Waals surface area contributed by atoms with E-state index in [2.05, 4.69) is 40.6 Å². The molecule has 29 heavy (non-hydrogen) atoms. The molecular weight excluding hydrogens is 362 g/mol. The number of hydrogen-bond donors (Lipinski definition) is 1. The van der Waals surface area contributed by atoms with Crippen molar-refractivity contribution < 1.29 is 9.53 Å². The topological polar surface area (TPSA) is 54.5 Å². The molecule has 2 saturated heterocycles. The number of nitrogens with zero attached hydrogens (tertiary/aromatic N) is 2. The van der Waals surface area contributed by atoms with Crippen LogP contribution in [0.2, 0.25) is 0 Å². The highest BCUT2D eigenvalue weighted by atomic mass is 16.5. The molecule has 1 aromatic carbocycles. The Morgan fingerprint density at radius 3 is 2.62 bits per heavy atom. The highest BCUT2D eigenvalue weighted by Gasteiger charge is 2.23. The third kappa shape index (κ3) is 5.57. The molecule has 0 saturated carbocycles. The first kappa shape index (κ1) is 19.9. The molecule has 1 amide bonds. The number of ether oxygens (including phenoxy) is 1. The molecule has 2 aromatic rings. The Kier molecular flexibility index (Phi) is 6.78. The van der Waals surface area contributed by atoms with E-state index in [1.165, 1.54) is 12.0 Å². The quantitative estimate of drug-likeness (QED) is 0.768. The van der Waals surface area contributed by atoms with Crippen LogP contribution in [0.15, 0.2) is 48.7 Å². The van der Waals surface area contributed by atoms with Gasteiger partial charge in [0.15, 0.2) is 0 Å². The number of aryl methyl sites for hydroxylation is 1. The van der Waals surface area contributed by atoms with Crippen LogP contribution in [-0.4, -0.2) is 48.1 Å². The van der Waals surface area contributed by atoms with Crippen molar-refractivity contribution in [3.63, 3.8) is 0 Å². The number of likely N-dealkylation sites (tertiary alicyclic amines) is 1. The monoisotopic (exact) mass is 393 g/mol. The van der Waals surface area contributed by atoms with Gasteiger partial charge < -0.3 is 15.0 Å². The van der Waals surface area contributed by atoms with E-state index < -0.39 is 0 Å². The van der Waals surface area contributed by atoms with E-state index in [9.17, 15) is 4.79 Å². The van der Waals surface area contributed by atoms with E-state index in [4.69, 9.17) is 4.74 Å². The maximum atomic E-state index is 12.8. The van der Waals surface area contributed by atoms with E-state index in [1.54, 1.807) is 6.20 Å². The minimum absolute atomic E-state index is 0.102. The molecule has 2 aliphatic heterocycles. The number of hydrogen-bond acceptors (Lipinski definition) is 4. The van der Waals surface area contributed by atoms with Crippen LogP contribution in [0.4, 0.5) is 5.82 Å². The summed E-state index contributed by atoms with van der Waals surface area (Å²) in [5, 5.41) is 3.30. The van der Waals surface area contributed by atoms with E-state index in [1.807, 2.05) is 17.0 Å². The zero-order valence-electron chi connectivity index (χ0n) is 17.1. The molecule has 5 heteroatoms. The van der Waals surface area contributed by atoms with Crippen LogP contribution in [0, 0.1) is 5.92 Å². The minimum atomic E-state index is 0.102. The van der Waals surface area contributed by atoms with Crippen LogP contribution >= 0.6 is 0 Å². The summed E-state index contributed by atoms with van der Waals surface area (Å²) in [5.74, 6) is 1.61. The maximum absolute atomic E-state index is 12.8. The number of piperidine rings is 1. The van der Waals surface area contributed by atoms with Crippen molar-refractivity contribution in [1.82, 2.24) is 9.88 Å². The largest absolute Gasteiger partial charge is 0.376 e. The molecule has 4 rings (SSSR count). The summed E-state index contributed by atoms with van der Waals surface area (Å²) in [4.78, 5) is 19.2. The Morgan fingerprint density at radius 2 is 1.93 bits per heavy atom. The highest BCUT2D eigenvalue weighted by Crippen LogP contribution is 2.23. The standard InChI is InChI=1S/C24H31N3O2/c28-24(21-10-11-23(25-17-21)26-18-22-7-4-16-29-22)27-14-12-20(13-15-27)9-8-19-5-2-1-3-6-19/h1-3,5-6,10-11,17,20,22H,4,7-9,12-16,18H2,(H,25,26)/t22-/m1/s1. The first-order valence-electron chi connectivity index (χ1n) is 10.9. The number of amides is 1. The fraction of sp³-hybridized carbons (Fsp3) is 0.500. The van der Waals surface area contributed by atoms with Gasteiger partial charge >= 0.3 is 0 Å². The van der Waals surface area contributed by atoms with Crippen molar-refractivity contribution in [2.24, 2.45) is 5.92 Å².